The molecule has 0 fully saturated rings. The third-order valence-corrected chi connectivity index (χ3v) is 3.68. The molecule has 2 heterocycles. The van der Waals surface area contributed by atoms with Crippen LogP contribution in [0.5, 0.6) is 0 Å². The summed E-state index contributed by atoms with van der Waals surface area (Å²) in [4.78, 5) is 37.2. The Kier molecular flexibility index (Phi) is 3.86. The summed E-state index contributed by atoms with van der Waals surface area (Å²) in [6, 6.07) is 4.38. The van der Waals surface area contributed by atoms with Crippen LogP contribution < -0.4 is 16.4 Å². The van der Waals surface area contributed by atoms with Gasteiger partial charge in [-0.25, -0.2) is 4.68 Å². The van der Waals surface area contributed by atoms with E-state index in [4.69, 9.17) is 0 Å². The van der Waals surface area contributed by atoms with E-state index in [1.54, 1.807) is 6.07 Å². The number of fused-ring (bicyclic) bond motifs is 1. The number of amides is 1. The first-order valence-electron chi connectivity index (χ1n) is 7.20. The van der Waals surface area contributed by atoms with Gasteiger partial charge in [0.15, 0.2) is 0 Å². The van der Waals surface area contributed by atoms with Crippen molar-refractivity contribution in [2.45, 2.75) is 25.8 Å². The Morgan fingerprint density at radius 2 is 2.18 bits per heavy atom. The van der Waals surface area contributed by atoms with Gasteiger partial charge in [-0.2, -0.15) is 5.10 Å². The summed E-state index contributed by atoms with van der Waals surface area (Å²) in [6.07, 6.45) is 4.22. The first kappa shape index (κ1) is 14.2. The average molecular weight is 300 g/mol. The number of H-pyrrole nitrogens is 1. The molecule has 2 aromatic heterocycles. The quantitative estimate of drug-likeness (QED) is 0.820. The number of hydrogen-bond acceptors (Lipinski definition) is 4. The van der Waals surface area contributed by atoms with E-state index in [2.05, 4.69) is 15.4 Å². The monoisotopic (exact) mass is 300 g/mol. The standard InChI is InChI=1S/C15H16N4O3/c20-13-5-4-11(9-17-13)15(22)16-6-7-19-14(21)8-10-2-1-3-12(10)18-19/h4-5,8-9H,1-3,6-7H2,(H,16,22)(H,17,20). The van der Waals surface area contributed by atoms with Crippen LogP contribution in [0, 0.1) is 0 Å². The van der Waals surface area contributed by atoms with Gasteiger partial charge in [0.25, 0.3) is 11.5 Å². The normalized spacial score (nSPS) is 12.9. The molecule has 2 aromatic rings. The number of hydrogen-bond donors (Lipinski definition) is 2. The van der Waals surface area contributed by atoms with Gasteiger partial charge in [-0.1, -0.05) is 0 Å². The zero-order valence-corrected chi connectivity index (χ0v) is 12.0. The number of rotatable bonds is 4. The van der Waals surface area contributed by atoms with Gasteiger partial charge < -0.3 is 10.3 Å². The van der Waals surface area contributed by atoms with Crippen molar-refractivity contribution in [2.75, 3.05) is 6.54 Å². The van der Waals surface area contributed by atoms with Crippen molar-refractivity contribution in [3.8, 4) is 0 Å². The fourth-order valence-electron chi connectivity index (χ4n) is 2.53. The lowest BCUT2D eigenvalue weighted by atomic mass is 10.2. The van der Waals surface area contributed by atoms with Crippen LogP contribution in [0.25, 0.3) is 0 Å². The molecule has 0 radical (unpaired) electrons. The molecule has 0 atom stereocenters. The Morgan fingerprint density at radius 1 is 1.32 bits per heavy atom. The molecule has 0 saturated heterocycles. The molecule has 1 amide bonds. The summed E-state index contributed by atoms with van der Waals surface area (Å²) >= 11 is 0. The number of aromatic nitrogens is 3. The molecule has 7 heteroatoms. The number of carbonyl (C=O) groups excluding carboxylic acids is 1. The summed E-state index contributed by atoms with van der Waals surface area (Å²) < 4.78 is 1.39. The van der Waals surface area contributed by atoms with Crippen LogP contribution >= 0.6 is 0 Å². The van der Waals surface area contributed by atoms with Gasteiger partial charge >= 0.3 is 0 Å². The number of carbonyl (C=O) groups is 1. The van der Waals surface area contributed by atoms with Crippen molar-refractivity contribution >= 4 is 5.91 Å². The van der Waals surface area contributed by atoms with Gasteiger partial charge in [0.2, 0.25) is 5.56 Å². The molecule has 1 aliphatic rings. The topological polar surface area (TPSA) is 96.8 Å². The number of nitrogens with one attached hydrogen (secondary N) is 2. The van der Waals surface area contributed by atoms with E-state index < -0.39 is 0 Å². The molecule has 7 nitrogen and oxygen atoms in total. The largest absolute Gasteiger partial charge is 0.350 e. The summed E-state index contributed by atoms with van der Waals surface area (Å²) in [5.74, 6) is -0.301. The minimum atomic E-state index is -0.301. The van der Waals surface area contributed by atoms with Crippen LogP contribution in [0.3, 0.4) is 0 Å². The summed E-state index contributed by atoms with van der Waals surface area (Å²) in [7, 11) is 0. The Labute approximate surface area is 126 Å². The first-order valence-corrected chi connectivity index (χ1v) is 7.20. The van der Waals surface area contributed by atoms with Gasteiger partial charge in [0, 0.05) is 24.9 Å². The third-order valence-electron chi connectivity index (χ3n) is 3.68. The molecule has 3 rings (SSSR count). The fourth-order valence-corrected chi connectivity index (χ4v) is 2.53. The van der Waals surface area contributed by atoms with Gasteiger partial charge in [-0.3, -0.25) is 14.4 Å². The van der Waals surface area contributed by atoms with Gasteiger partial charge in [-0.05, 0) is 30.9 Å². The van der Waals surface area contributed by atoms with E-state index in [-0.39, 0.29) is 17.0 Å². The zero-order valence-electron chi connectivity index (χ0n) is 12.0. The minimum Gasteiger partial charge on any atom is -0.350 e. The zero-order chi connectivity index (χ0) is 15.5. The van der Waals surface area contributed by atoms with E-state index in [0.29, 0.717) is 18.7 Å². The van der Waals surface area contributed by atoms with Crippen LogP contribution in [0.2, 0.25) is 0 Å². The van der Waals surface area contributed by atoms with E-state index in [9.17, 15) is 14.4 Å². The molecular weight excluding hydrogens is 284 g/mol. The molecule has 0 aromatic carbocycles. The van der Waals surface area contributed by atoms with Crippen LogP contribution in [0.15, 0.2) is 34.0 Å². The van der Waals surface area contributed by atoms with Crippen molar-refractivity contribution < 1.29 is 4.79 Å². The smallest absolute Gasteiger partial charge is 0.267 e. The van der Waals surface area contributed by atoms with Crippen molar-refractivity contribution in [3.05, 3.63) is 61.9 Å². The molecule has 0 unspecified atom stereocenters. The average Bonchev–Trinajstić information content (AvgIpc) is 2.95. The maximum atomic E-state index is 11.9. The van der Waals surface area contributed by atoms with Crippen molar-refractivity contribution in [1.29, 1.82) is 0 Å². The second-order valence-electron chi connectivity index (χ2n) is 5.23. The van der Waals surface area contributed by atoms with Crippen LogP contribution in [-0.2, 0) is 19.4 Å². The van der Waals surface area contributed by atoms with Crippen LogP contribution in [0.4, 0.5) is 0 Å². The predicted octanol–water partition coefficient (Wildman–Crippen LogP) is -0.150. The minimum absolute atomic E-state index is 0.140. The Morgan fingerprint density at radius 3 is 2.95 bits per heavy atom. The number of aromatic amines is 1. The lowest BCUT2D eigenvalue weighted by Gasteiger charge is -2.08. The van der Waals surface area contributed by atoms with E-state index in [1.807, 2.05) is 0 Å². The molecule has 1 aliphatic carbocycles. The highest BCUT2D eigenvalue weighted by Crippen LogP contribution is 2.16. The molecule has 0 bridgehead atoms. The van der Waals surface area contributed by atoms with Crippen LogP contribution in [-0.4, -0.2) is 27.2 Å². The van der Waals surface area contributed by atoms with Crippen LogP contribution in [0.1, 0.15) is 28.0 Å². The maximum Gasteiger partial charge on any atom is 0.267 e. The van der Waals surface area contributed by atoms with Crippen molar-refractivity contribution in [2.24, 2.45) is 0 Å². The second-order valence-corrected chi connectivity index (χ2v) is 5.23. The lowest BCUT2D eigenvalue weighted by Crippen LogP contribution is -2.32. The highest BCUT2D eigenvalue weighted by atomic mass is 16.2. The maximum absolute atomic E-state index is 11.9. The Hall–Kier alpha value is -2.70. The number of aryl methyl sites for hydroxylation is 2. The molecule has 22 heavy (non-hydrogen) atoms. The predicted molar refractivity (Wildman–Crippen MR) is 79.9 cm³/mol. The molecule has 0 saturated carbocycles. The van der Waals surface area contributed by atoms with Gasteiger partial charge in [0.05, 0.1) is 17.8 Å². The Bertz CT molecular complexity index is 802. The molecule has 2 N–H and O–H groups in total. The highest BCUT2D eigenvalue weighted by molar-refractivity contribution is 5.93. The van der Waals surface area contributed by atoms with Crippen molar-refractivity contribution in [1.82, 2.24) is 20.1 Å². The number of nitrogens with zero attached hydrogens (tertiary/aromatic N) is 2. The summed E-state index contributed by atoms with van der Waals surface area (Å²) in [5.41, 5.74) is 1.99. The fraction of sp³-hybridized carbons (Fsp3) is 0.333. The lowest BCUT2D eigenvalue weighted by molar-refractivity contribution is 0.0951. The van der Waals surface area contributed by atoms with Gasteiger partial charge in [0.1, 0.15) is 0 Å². The molecule has 0 aliphatic heterocycles. The molecule has 114 valence electrons. The van der Waals surface area contributed by atoms with Crippen molar-refractivity contribution in [3.63, 3.8) is 0 Å². The summed E-state index contributed by atoms with van der Waals surface area (Å²) in [6.45, 7) is 0.616. The van der Waals surface area contributed by atoms with Gasteiger partial charge in [-0.15, -0.1) is 0 Å². The SMILES string of the molecule is O=C(NCCn1nc2c(cc1=O)CCC2)c1ccc(=O)[nH]c1. The second kappa shape index (κ2) is 5.97. The van der Waals surface area contributed by atoms with E-state index in [0.717, 1.165) is 30.5 Å². The molecular formula is C15H16N4O3. The summed E-state index contributed by atoms with van der Waals surface area (Å²) in [5, 5.41) is 7.04. The number of pyridine rings is 1. The third kappa shape index (κ3) is 2.98. The van der Waals surface area contributed by atoms with E-state index >= 15 is 0 Å². The van der Waals surface area contributed by atoms with E-state index in [1.165, 1.54) is 23.0 Å². The first-order chi connectivity index (χ1) is 10.6. The Balaban J connectivity index is 1.61. The molecule has 0 spiro atoms. The highest BCUT2D eigenvalue weighted by Gasteiger charge is 2.14.